The normalized spacial score (nSPS) is 16.8. The van der Waals surface area contributed by atoms with Crippen molar-refractivity contribution < 1.29 is 9.15 Å². The van der Waals surface area contributed by atoms with Gasteiger partial charge in [-0.1, -0.05) is 91.0 Å². The highest BCUT2D eigenvalue weighted by Gasteiger charge is 2.50. The summed E-state index contributed by atoms with van der Waals surface area (Å²) in [6.07, 6.45) is 0. The van der Waals surface area contributed by atoms with Crippen LogP contribution in [0.4, 0.5) is 0 Å². The molecule has 40 heavy (non-hydrogen) atoms. The average Bonchev–Trinajstić information content (AvgIpc) is 3.54. The van der Waals surface area contributed by atoms with Gasteiger partial charge in [-0.2, -0.15) is 0 Å². The second-order valence-electron chi connectivity index (χ2n) is 10.9. The lowest BCUT2D eigenvalue weighted by atomic mass is 9.61. The van der Waals surface area contributed by atoms with Crippen LogP contribution in [-0.2, 0) is 5.41 Å². The number of ether oxygens (including phenoxy) is 1. The van der Waals surface area contributed by atoms with E-state index in [4.69, 9.17) is 9.15 Å². The number of benzene rings is 6. The molecular weight excluding hydrogens is 490 g/mol. The average molecular weight is 512 g/mol. The summed E-state index contributed by atoms with van der Waals surface area (Å²) in [6.45, 7) is 0. The van der Waals surface area contributed by atoms with Crippen LogP contribution < -0.4 is 4.74 Å². The fraction of sp³-hybridized carbons (Fsp3) is 0.0270. The van der Waals surface area contributed by atoms with Crippen LogP contribution in [0.1, 0.15) is 22.3 Å². The lowest BCUT2D eigenvalue weighted by Crippen LogP contribution is -2.37. The largest absolute Gasteiger partial charge is 0.457 e. The van der Waals surface area contributed by atoms with Gasteiger partial charge in [0.1, 0.15) is 22.7 Å². The van der Waals surface area contributed by atoms with Crippen molar-refractivity contribution in [2.75, 3.05) is 0 Å². The van der Waals surface area contributed by atoms with Gasteiger partial charge in [0.05, 0.1) is 22.1 Å². The Morgan fingerprint density at radius 1 is 0.475 bits per heavy atom. The van der Waals surface area contributed by atoms with Gasteiger partial charge >= 0.3 is 0 Å². The van der Waals surface area contributed by atoms with Crippen LogP contribution in [0.25, 0.3) is 49.4 Å². The lowest BCUT2D eigenvalue weighted by molar-refractivity contribution is 0.434. The zero-order chi connectivity index (χ0) is 26.0. The van der Waals surface area contributed by atoms with E-state index in [9.17, 15) is 0 Å². The van der Waals surface area contributed by atoms with Gasteiger partial charge in [0, 0.05) is 38.7 Å². The van der Waals surface area contributed by atoms with Crippen LogP contribution in [-0.4, -0.2) is 4.57 Å². The maximum absolute atomic E-state index is 6.70. The van der Waals surface area contributed by atoms with Gasteiger partial charge in [0.25, 0.3) is 0 Å². The zero-order valence-corrected chi connectivity index (χ0v) is 21.4. The molecule has 1 spiro atoms. The molecule has 0 saturated carbocycles. The van der Waals surface area contributed by atoms with E-state index in [0.717, 1.165) is 44.6 Å². The number of furan rings is 1. The highest BCUT2D eigenvalue weighted by molar-refractivity contribution is 6.13. The highest BCUT2D eigenvalue weighted by Crippen LogP contribution is 2.61. The number of aromatic nitrogens is 1. The van der Waals surface area contributed by atoms with Crippen molar-refractivity contribution >= 4 is 43.7 Å². The van der Waals surface area contributed by atoms with E-state index in [0.29, 0.717) is 0 Å². The SMILES string of the molecule is c1ccc2c(c1)Oc1cc3oc4ccccc4c3cc1C21c2ccccc2-n2c3ccccc3c3cccc1c32. The third-order valence-electron chi connectivity index (χ3n) is 9.04. The minimum atomic E-state index is -0.572. The molecule has 0 N–H and O–H groups in total. The van der Waals surface area contributed by atoms with E-state index >= 15 is 0 Å². The van der Waals surface area contributed by atoms with Crippen molar-refractivity contribution in [3.63, 3.8) is 0 Å². The van der Waals surface area contributed by atoms with Crippen LogP contribution in [0.15, 0.2) is 132 Å². The first-order chi connectivity index (χ1) is 19.8. The Kier molecular flexibility index (Phi) is 3.62. The molecule has 3 heteroatoms. The van der Waals surface area contributed by atoms with Crippen LogP contribution in [0.3, 0.4) is 0 Å². The summed E-state index contributed by atoms with van der Waals surface area (Å²) < 4.78 is 15.5. The van der Waals surface area contributed by atoms with E-state index < -0.39 is 5.41 Å². The molecule has 4 heterocycles. The Morgan fingerprint density at radius 3 is 2.15 bits per heavy atom. The Bertz CT molecular complexity index is 2370. The molecule has 2 aromatic heterocycles. The van der Waals surface area contributed by atoms with Crippen molar-refractivity contribution in [1.29, 1.82) is 0 Å². The second-order valence-corrected chi connectivity index (χ2v) is 10.9. The Hall–Kier alpha value is -5.28. The standard InChI is InChI=1S/C37H21NO2/c1-5-16-30-22(10-1)24-12-9-15-28-36(24)38(30)31-17-6-3-13-26(31)37(28)27-14-4-8-19-33(27)40-35-21-34-25(20-29(35)37)23-11-2-7-18-32(23)39-34/h1-21H. The first-order valence-corrected chi connectivity index (χ1v) is 13.7. The van der Waals surface area contributed by atoms with Crippen molar-refractivity contribution in [1.82, 2.24) is 4.57 Å². The van der Waals surface area contributed by atoms with Crippen LogP contribution in [0.5, 0.6) is 11.5 Å². The van der Waals surface area contributed by atoms with Gasteiger partial charge in [-0.25, -0.2) is 0 Å². The number of hydrogen-bond acceptors (Lipinski definition) is 2. The van der Waals surface area contributed by atoms with Crippen LogP contribution in [0.2, 0.25) is 0 Å². The molecule has 0 fully saturated rings. The third kappa shape index (κ3) is 2.26. The molecule has 2 aliphatic rings. The lowest BCUT2D eigenvalue weighted by Gasteiger charge is -2.45. The van der Waals surface area contributed by atoms with Gasteiger partial charge in [0.2, 0.25) is 0 Å². The molecule has 10 rings (SSSR count). The molecule has 0 amide bonds. The second kappa shape index (κ2) is 7.02. The summed E-state index contributed by atoms with van der Waals surface area (Å²) in [4.78, 5) is 0. The predicted octanol–water partition coefficient (Wildman–Crippen LogP) is 9.48. The van der Waals surface area contributed by atoms with Gasteiger partial charge in [-0.3, -0.25) is 0 Å². The first kappa shape index (κ1) is 20.7. The van der Waals surface area contributed by atoms with Gasteiger partial charge in [0.15, 0.2) is 0 Å². The maximum atomic E-state index is 6.70. The van der Waals surface area contributed by atoms with Crippen molar-refractivity contribution in [2.24, 2.45) is 0 Å². The number of nitrogens with zero attached hydrogens (tertiary/aromatic N) is 1. The molecule has 0 bridgehead atoms. The highest BCUT2D eigenvalue weighted by atomic mass is 16.5. The zero-order valence-electron chi connectivity index (χ0n) is 21.4. The van der Waals surface area contributed by atoms with E-state index in [2.05, 4.69) is 120 Å². The molecule has 0 aliphatic carbocycles. The van der Waals surface area contributed by atoms with Crippen molar-refractivity contribution in [3.05, 3.63) is 150 Å². The minimum absolute atomic E-state index is 0.572. The minimum Gasteiger partial charge on any atom is -0.457 e. The Labute approximate surface area is 229 Å². The van der Waals surface area contributed by atoms with E-state index in [-0.39, 0.29) is 0 Å². The summed E-state index contributed by atoms with van der Waals surface area (Å²) in [5.41, 5.74) is 9.65. The molecule has 0 radical (unpaired) electrons. The summed E-state index contributed by atoms with van der Waals surface area (Å²) in [7, 11) is 0. The summed E-state index contributed by atoms with van der Waals surface area (Å²) >= 11 is 0. The summed E-state index contributed by atoms with van der Waals surface area (Å²) in [5, 5.41) is 4.75. The topological polar surface area (TPSA) is 27.3 Å². The van der Waals surface area contributed by atoms with E-state index in [1.54, 1.807) is 0 Å². The third-order valence-corrected chi connectivity index (χ3v) is 9.04. The fourth-order valence-corrected chi connectivity index (χ4v) is 7.54. The number of para-hydroxylation sites is 5. The number of fused-ring (bicyclic) bond motifs is 14. The van der Waals surface area contributed by atoms with E-state index in [1.165, 1.54) is 38.6 Å². The monoisotopic (exact) mass is 511 g/mol. The molecule has 8 aromatic rings. The van der Waals surface area contributed by atoms with Crippen LogP contribution in [0, 0.1) is 0 Å². The predicted molar refractivity (Wildman–Crippen MR) is 160 cm³/mol. The molecule has 0 saturated heterocycles. The Morgan fingerprint density at radius 2 is 1.20 bits per heavy atom. The smallest absolute Gasteiger partial charge is 0.139 e. The van der Waals surface area contributed by atoms with Gasteiger partial charge in [-0.05, 0) is 41.5 Å². The Balaban J connectivity index is 1.48. The quantitative estimate of drug-likeness (QED) is 0.203. The molecule has 3 nitrogen and oxygen atoms in total. The molecule has 1 atom stereocenters. The van der Waals surface area contributed by atoms with E-state index in [1.807, 2.05) is 12.1 Å². The molecule has 6 aromatic carbocycles. The molecule has 186 valence electrons. The molecular formula is C37H21NO2. The summed E-state index contributed by atoms with van der Waals surface area (Å²) in [6, 6.07) is 45.7. The molecule has 2 aliphatic heterocycles. The fourth-order valence-electron chi connectivity index (χ4n) is 7.54. The number of rotatable bonds is 0. The maximum Gasteiger partial charge on any atom is 0.139 e. The molecule has 1 unspecified atom stereocenters. The van der Waals surface area contributed by atoms with Gasteiger partial charge < -0.3 is 13.7 Å². The van der Waals surface area contributed by atoms with Crippen LogP contribution >= 0.6 is 0 Å². The van der Waals surface area contributed by atoms with Crippen molar-refractivity contribution in [2.45, 2.75) is 5.41 Å². The van der Waals surface area contributed by atoms with Crippen molar-refractivity contribution in [3.8, 4) is 17.2 Å². The number of hydrogen-bond donors (Lipinski definition) is 0. The van der Waals surface area contributed by atoms with Gasteiger partial charge in [-0.15, -0.1) is 0 Å². The first-order valence-electron chi connectivity index (χ1n) is 13.7. The summed E-state index contributed by atoms with van der Waals surface area (Å²) in [5.74, 6) is 1.71.